The molecule has 2 aromatic rings. The van der Waals surface area contributed by atoms with E-state index in [-0.39, 0.29) is 5.92 Å². The van der Waals surface area contributed by atoms with E-state index in [0.29, 0.717) is 18.7 Å². The van der Waals surface area contributed by atoms with Crippen LogP contribution in [0.15, 0.2) is 42.5 Å². The molecule has 0 spiro atoms. The molecule has 1 aliphatic heterocycles. The van der Waals surface area contributed by atoms with E-state index in [4.69, 9.17) is 9.84 Å². The van der Waals surface area contributed by atoms with Crippen LogP contribution < -0.4 is 10.1 Å². The number of hydrogen-bond donors (Lipinski definition) is 2. The Bertz CT molecular complexity index is 780. The van der Waals surface area contributed by atoms with Crippen molar-refractivity contribution in [1.29, 1.82) is 5.26 Å². The SMILES string of the molecule is N#Cc1ccccc1-c1ccc2c(c1)OCC[C@H]2CNC(=O)O. The topological polar surface area (TPSA) is 82.3 Å². The molecule has 0 saturated carbocycles. The van der Waals surface area contributed by atoms with Gasteiger partial charge in [0, 0.05) is 12.5 Å². The zero-order chi connectivity index (χ0) is 16.2. The molecule has 1 amide bonds. The Labute approximate surface area is 134 Å². The Morgan fingerprint density at radius 3 is 2.96 bits per heavy atom. The van der Waals surface area contributed by atoms with Crippen LogP contribution in [0, 0.1) is 11.3 Å². The number of amides is 1. The lowest BCUT2D eigenvalue weighted by Gasteiger charge is -2.26. The van der Waals surface area contributed by atoms with E-state index in [1.54, 1.807) is 6.07 Å². The molecule has 0 fully saturated rings. The number of ether oxygens (including phenoxy) is 1. The molecule has 2 aromatic carbocycles. The third-order valence-corrected chi connectivity index (χ3v) is 4.04. The molecule has 2 N–H and O–H groups in total. The Kier molecular flexibility index (Phi) is 4.15. The third kappa shape index (κ3) is 3.11. The summed E-state index contributed by atoms with van der Waals surface area (Å²) in [5.41, 5.74) is 3.41. The molecule has 5 heteroatoms. The number of carboxylic acid groups (broad SMARTS) is 1. The fraction of sp³-hybridized carbons (Fsp3) is 0.222. The predicted octanol–water partition coefficient (Wildman–Crippen LogP) is 3.36. The smallest absolute Gasteiger partial charge is 0.404 e. The lowest BCUT2D eigenvalue weighted by atomic mass is 9.90. The second kappa shape index (κ2) is 6.41. The summed E-state index contributed by atoms with van der Waals surface area (Å²) >= 11 is 0. The van der Waals surface area contributed by atoms with Crippen molar-refractivity contribution < 1.29 is 14.6 Å². The van der Waals surface area contributed by atoms with Gasteiger partial charge in [0.2, 0.25) is 0 Å². The maximum atomic E-state index is 10.7. The highest BCUT2D eigenvalue weighted by Gasteiger charge is 2.22. The molecule has 1 heterocycles. The zero-order valence-electron chi connectivity index (χ0n) is 12.5. The van der Waals surface area contributed by atoms with Crippen molar-refractivity contribution in [3.63, 3.8) is 0 Å². The van der Waals surface area contributed by atoms with E-state index < -0.39 is 6.09 Å². The van der Waals surface area contributed by atoms with Gasteiger partial charge in [0.05, 0.1) is 18.2 Å². The average molecular weight is 308 g/mol. The van der Waals surface area contributed by atoms with Crippen LogP contribution in [0.3, 0.4) is 0 Å². The van der Waals surface area contributed by atoms with Crippen molar-refractivity contribution in [2.75, 3.05) is 13.2 Å². The molecule has 1 aliphatic rings. The van der Waals surface area contributed by atoms with Crippen molar-refractivity contribution in [2.45, 2.75) is 12.3 Å². The quantitative estimate of drug-likeness (QED) is 0.911. The first-order chi connectivity index (χ1) is 11.2. The largest absolute Gasteiger partial charge is 0.493 e. The van der Waals surface area contributed by atoms with Crippen molar-refractivity contribution >= 4 is 6.09 Å². The van der Waals surface area contributed by atoms with Crippen LogP contribution in [-0.2, 0) is 0 Å². The third-order valence-electron chi connectivity index (χ3n) is 4.04. The average Bonchev–Trinajstić information content (AvgIpc) is 2.59. The fourth-order valence-electron chi connectivity index (χ4n) is 2.89. The number of benzene rings is 2. The Morgan fingerprint density at radius 1 is 1.35 bits per heavy atom. The summed E-state index contributed by atoms with van der Waals surface area (Å²) in [5.74, 6) is 0.869. The van der Waals surface area contributed by atoms with Gasteiger partial charge in [0.15, 0.2) is 0 Å². The molecule has 0 bridgehead atoms. The number of nitriles is 1. The summed E-state index contributed by atoms with van der Waals surface area (Å²) in [5, 5.41) is 20.4. The summed E-state index contributed by atoms with van der Waals surface area (Å²) in [6.07, 6.45) is -0.237. The van der Waals surface area contributed by atoms with Crippen LogP contribution in [-0.4, -0.2) is 24.4 Å². The zero-order valence-corrected chi connectivity index (χ0v) is 12.5. The van der Waals surface area contributed by atoms with Gasteiger partial charge >= 0.3 is 6.09 Å². The maximum absolute atomic E-state index is 10.7. The predicted molar refractivity (Wildman–Crippen MR) is 85.5 cm³/mol. The van der Waals surface area contributed by atoms with Gasteiger partial charge in [-0.25, -0.2) is 4.79 Å². The molecule has 5 nitrogen and oxygen atoms in total. The van der Waals surface area contributed by atoms with Crippen molar-refractivity contribution in [1.82, 2.24) is 5.32 Å². The Morgan fingerprint density at radius 2 is 2.17 bits per heavy atom. The van der Waals surface area contributed by atoms with Crippen LogP contribution in [0.1, 0.15) is 23.5 Å². The summed E-state index contributed by atoms with van der Waals surface area (Å²) in [4.78, 5) is 10.7. The van der Waals surface area contributed by atoms with Crippen LogP contribution in [0.4, 0.5) is 4.79 Å². The van der Waals surface area contributed by atoms with Gasteiger partial charge in [-0.05, 0) is 35.2 Å². The lowest BCUT2D eigenvalue weighted by Crippen LogP contribution is -2.29. The molecule has 0 radical (unpaired) electrons. The van der Waals surface area contributed by atoms with Crippen LogP contribution >= 0.6 is 0 Å². The van der Waals surface area contributed by atoms with E-state index in [2.05, 4.69) is 11.4 Å². The van der Waals surface area contributed by atoms with Gasteiger partial charge in [-0.1, -0.05) is 30.3 Å². The number of carbonyl (C=O) groups is 1. The highest BCUT2D eigenvalue weighted by molar-refractivity contribution is 5.72. The first kappa shape index (κ1) is 14.9. The summed E-state index contributed by atoms with van der Waals surface area (Å²) in [6.45, 7) is 0.933. The first-order valence-electron chi connectivity index (χ1n) is 7.42. The number of nitrogens with zero attached hydrogens (tertiary/aromatic N) is 1. The van der Waals surface area contributed by atoms with E-state index in [0.717, 1.165) is 28.9 Å². The summed E-state index contributed by atoms with van der Waals surface area (Å²) in [6, 6.07) is 15.5. The van der Waals surface area contributed by atoms with Crippen LogP contribution in [0.2, 0.25) is 0 Å². The molecule has 0 aromatic heterocycles. The van der Waals surface area contributed by atoms with Gasteiger partial charge in [-0.3, -0.25) is 0 Å². The van der Waals surface area contributed by atoms with Gasteiger partial charge in [-0.2, -0.15) is 5.26 Å². The highest BCUT2D eigenvalue weighted by Crippen LogP contribution is 2.37. The van der Waals surface area contributed by atoms with Gasteiger partial charge in [-0.15, -0.1) is 0 Å². The summed E-state index contributed by atoms with van der Waals surface area (Å²) < 4.78 is 5.74. The van der Waals surface area contributed by atoms with Crippen molar-refractivity contribution in [3.8, 4) is 22.9 Å². The van der Waals surface area contributed by atoms with E-state index >= 15 is 0 Å². The maximum Gasteiger partial charge on any atom is 0.404 e. The van der Waals surface area contributed by atoms with Crippen LogP contribution in [0.5, 0.6) is 5.75 Å². The molecular weight excluding hydrogens is 292 g/mol. The Hall–Kier alpha value is -3.00. The molecular formula is C18H16N2O3. The second-order valence-electron chi connectivity index (χ2n) is 5.43. The molecule has 0 unspecified atom stereocenters. The lowest BCUT2D eigenvalue weighted by molar-refractivity contribution is 0.191. The standard InChI is InChI=1S/C18H16N2O3/c19-10-13-3-1-2-4-15(13)12-5-6-16-14(11-20-18(21)22)7-8-23-17(16)9-12/h1-6,9,14,20H,7-8,11H2,(H,21,22)/t14-/m0/s1. The number of nitrogens with one attached hydrogen (secondary N) is 1. The van der Waals surface area contributed by atoms with E-state index in [9.17, 15) is 10.1 Å². The molecule has 1 atom stereocenters. The number of fused-ring (bicyclic) bond motifs is 1. The van der Waals surface area contributed by atoms with Gasteiger partial charge < -0.3 is 15.2 Å². The molecule has 3 rings (SSSR count). The number of hydrogen-bond acceptors (Lipinski definition) is 3. The second-order valence-corrected chi connectivity index (χ2v) is 5.43. The van der Waals surface area contributed by atoms with Gasteiger partial charge in [0.1, 0.15) is 5.75 Å². The van der Waals surface area contributed by atoms with Crippen LogP contribution in [0.25, 0.3) is 11.1 Å². The van der Waals surface area contributed by atoms with E-state index in [1.165, 1.54) is 0 Å². The normalized spacial score (nSPS) is 15.9. The fourth-order valence-corrected chi connectivity index (χ4v) is 2.89. The molecule has 116 valence electrons. The summed E-state index contributed by atoms with van der Waals surface area (Å²) in [7, 11) is 0. The van der Waals surface area contributed by atoms with Crippen molar-refractivity contribution in [3.05, 3.63) is 53.6 Å². The Balaban J connectivity index is 1.93. The minimum atomic E-state index is -1.02. The molecule has 0 saturated heterocycles. The minimum absolute atomic E-state index is 0.107. The highest BCUT2D eigenvalue weighted by atomic mass is 16.5. The first-order valence-corrected chi connectivity index (χ1v) is 7.42. The van der Waals surface area contributed by atoms with E-state index in [1.807, 2.05) is 36.4 Å². The number of rotatable bonds is 3. The molecule has 0 aliphatic carbocycles. The minimum Gasteiger partial charge on any atom is -0.493 e. The van der Waals surface area contributed by atoms with Gasteiger partial charge in [0.25, 0.3) is 0 Å². The molecule has 23 heavy (non-hydrogen) atoms. The van der Waals surface area contributed by atoms with Crippen molar-refractivity contribution in [2.24, 2.45) is 0 Å². The monoisotopic (exact) mass is 308 g/mol.